The van der Waals surface area contributed by atoms with Gasteiger partial charge in [-0.25, -0.2) is 4.98 Å². The first-order valence-corrected chi connectivity index (χ1v) is 8.55. The normalized spacial score (nSPS) is 15.2. The van der Waals surface area contributed by atoms with Crippen molar-refractivity contribution >= 4 is 11.8 Å². The van der Waals surface area contributed by atoms with Crippen LogP contribution in [0.15, 0.2) is 18.6 Å². The smallest absolute Gasteiger partial charge is 0.274 e. The van der Waals surface area contributed by atoms with Crippen molar-refractivity contribution in [2.45, 2.75) is 57.9 Å². The van der Waals surface area contributed by atoms with Crippen LogP contribution in [0.2, 0.25) is 0 Å². The number of amides is 2. The molecule has 0 spiro atoms. The van der Waals surface area contributed by atoms with Crippen molar-refractivity contribution in [3.8, 4) is 0 Å². The standard InChI is InChI=1S/C17H26N4O2/c1-2-11-21(17(23)15-13-18-9-10-19-15)12-8-16(22)20-14-6-4-3-5-7-14/h9-10,13-14H,2-8,11-12H2,1H3,(H,20,22). The molecule has 1 N–H and O–H groups in total. The monoisotopic (exact) mass is 318 g/mol. The summed E-state index contributed by atoms with van der Waals surface area (Å²) in [4.78, 5) is 34.2. The second kappa shape index (κ2) is 9.22. The molecule has 23 heavy (non-hydrogen) atoms. The third-order valence-corrected chi connectivity index (χ3v) is 4.14. The Labute approximate surface area is 137 Å². The Kier molecular flexibility index (Phi) is 6.97. The second-order valence-electron chi connectivity index (χ2n) is 6.04. The van der Waals surface area contributed by atoms with Crippen LogP contribution in [0.5, 0.6) is 0 Å². The van der Waals surface area contributed by atoms with Gasteiger partial charge >= 0.3 is 0 Å². The first-order chi connectivity index (χ1) is 11.2. The highest BCUT2D eigenvalue weighted by atomic mass is 16.2. The number of hydrogen-bond acceptors (Lipinski definition) is 4. The van der Waals surface area contributed by atoms with E-state index in [9.17, 15) is 9.59 Å². The van der Waals surface area contributed by atoms with Gasteiger partial charge in [0.1, 0.15) is 5.69 Å². The molecule has 0 saturated heterocycles. The predicted molar refractivity (Wildman–Crippen MR) is 87.9 cm³/mol. The van der Waals surface area contributed by atoms with Crippen LogP contribution in [0.4, 0.5) is 0 Å². The molecule has 2 rings (SSSR count). The van der Waals surface area contributed by atoms with Crippen LogP contribution in [0.3, 0.4) is 0 Å². The molecule has 126 valence electrons. The maximum atomic E-state index is 12.4. The van der Waals surface area contributed by atoms with Crippen LogP contribution in [0.25, 0.3) is 0 Å². The lowest BCUT2D eigenvalue weighted by molar-refractivity contribution is -0.122. The zero-order valence-electron chi connectivity index (χ0n) is 13.8. The minimum Gasteiger partial charge on any atom is -0.353 e. The summed E-state index contributed by atoms with van der Waals surface area (Å²) in [5.74, 6) is -0.129. The van der Waals surface area contributed by atoms with Gasteiger partial charge in [-0.2, -0.15) is 0 Å². The third-order valence-electron chi connectivity index (χ3n) is 4.14. The molecular formula is C17H26N4O2. The van der Waals surface area contributed by atoms with Crippen molar-refractivity contribution < 1.29 is 9.59 Å². The van der Waals surface area contributed by atoms with Crippen LogP contribution in [-0.4, -0.2) is 45.8 Å². The Bertz CT molecular complexity index is 501. The van der Waals surface area contributed by atoms with Gasteiger partial charge in [-0.3, -0.25) is 14.6 Å². The summed E-state index contributed by atoms with van der Waals surface area (Å²) in [6.07, 6.45) is 11.5. The molecule has 1 aliphatic carbocycles. The molecule has 0 bridgehead atoms. The molecule has 2 amide bonds. The van der Waals surface area contributed by atoms with E-state index in [0.717, 1.165) is 19.3 Å². The van der Waals surface area contributed by atoms with Crippen molar-refractivity contribution in [2.75, 3.05) is 13.1 Å². The van der Waals surface area contributed by atoms with Gasteiger partial charge in [-0.15, -0.1) is 0 Å². The molecule has 1 heterocycles. The maximum absolute atomic E-state index is 12.4. The summed E-state index contributed by atoms with van der Waals surface area (Å²) < 4.78 is 0. The fraction of sp³-hybridized carbons (Fsp3) is 0.647. The molecule has 6 heteroatoms. The molecule has 0 radical (unpaired) electrons. The van der Waals surface area contributed by atoms with Gasteiger partial charge in [0.25, 0.3) is 5.91 Å². The Morgan fingerprint density at radius 2 is 2.00 bits per heavy atom. The highest BCUT2D eigenvalue weighted by Crippen LogP contribution is 2.17. The number of nitrogens with zero attached hydrogens (tertiary/aromatic N) is 3. The van der Waals surface area contributed by atoms with Crippen molar-refractivity contribution in [1.82, 2.24) is 20.2 Å². The van der Waals surface area contributed by atoms with E-state index in [-0.39, 0.29) is 11.8 Å². The molecule has 6 nitrogen and oxygen atoms in total. The van der Waals surface area contributed by atoms with Crippen molar-refractivity contribution in [2.24, 2.45) is 0 Å². The van der Waals surface area contributed by atoms with Crippen LogP contribution in [-0.2, 0) is 4.79 Å². The van der Waals surface area contributed by atoms with E-state index < -0.39 is 0 Å². The third kappa shape index (κ3) is 5.62. The Morgan fingerprint density at radius 3 is 2.65 bits per heavy atom. The minimum absolute atomic E-state index is 0.0324. The lowest BCUT2D eigenvalue weighted by atomic mass is 9.95. The molecule has 1 fully saturated rings. The van der Waals surface area contributed by atoms with Crippen LogP contribution in [0.1, 0.15) is 62.4 Å². The highest BCUT2D eigenvalue weighted by molar-refractivity contribution is 5.92. The van der Waals surface area contributed by atoms with Gasteiger partial charge in [0, 0.05) is 37.9 Å². The van der Waals surface area contributed by atoms with E-state index in [1.165, 1.54) is 31.7 Å². The van der Waals surface area contributed by atoms with E-state index in [4.69, 9.17) is 0 Å². The number of nitrogens with one attached hydrogen (secondary N) is 1. The van der Waals surface area contributed by atoms with E-state index >= 15 is 0 Å². The van der Waals surface area contributed by atoms with Gasteiger partial charge in [-0.05, 0) is 19.3 Å². The maximum Gasteiger partial charge on any atom is 0.274 e. The minimum atomic E-state index is -0.162. The highest BCUT2D eigenvalue weighted by Gasteiger charge is 2.19. The second-order valence-corrected chi connectivity index (χ2v) is 6.04. The van der Waals surface area contributed by atoms with Crippen molar-refractivity contribution in [3.05, 3.63) is 24.3 Å². The Hall–Kier alpha value is -1.98. The summed E-state index contributed by atoms with van der Waals surface area (Å²) in [5, 5.41) is 3.09. The molecule has 0 unspecified atom stereocenters. The Morgan fingerprint density at radius 1 is 1.22 bits per heavy atom. The summed E-state index contributed by atoms with van der Waals surface area (Å²) >= 11 is 0. The molecule has 1 aliphatic rings. The topological polar surface area (TPSA) is 75.2 Å². The van der Waals surface area contributed by atoms with Gasteiger partial charge < -0.3 is 10.2 Å². The van der Waals surface area contributed by atoms with Gasteiger partial charge in [0.05, 0.1) is 6.20 Å². The van der Waals surface area contributed by atoms with Crippen LogP contribution in [0, 0.1) is 0 Å². The number of carbonyl (C=O) groups is 2. The van der Waals surface area contributed by atoms with Gasteiger partial charge in [0.15, 0.2) is 0 Å². The molecule has 0 aromatic carbocycles. The molecular weight excluding hydrogens is 292 g/mol. The first-order valence-electron chi connectivity index (χ1n) is 8.55. The van der Waals surface area contributed by atoms with Crippen LogP contribution < -0.4 is 5.32 Å². The molecule has 1 aromatic heterocycles. The van der Waals surface area contributed by atoms with Crippen LogP contribution >= 0.6 is 0 Å². The first kappa shape index (κ1) is 17.4. The summed E-state index contributed by atoms with van der Waals surface area (Å²) in [7, 11) is 0. The van der Waals surface area contributed by atoms with Crippen molar-refractivity contribution in [1.29, 1.82) is 0 Å². The summed E-state index contributed by atoms with van der Waals surface area (Å²) in [6, 6.07) is 0.312. The zero-order valence-corrected chi connectivity index (χ0v) is 13.8. The molecule has 0 aliphatic heterocycles. The molecule has 0 atom stereocenters. The zero-order chi connectivity index (χ0) is 16.5. The Balaban J connectivity index is 1.84. The van der Waals surface area contributed by atoms with E-state index in [2.05, 4.69) is 15.3 Å². The van der Waals surface area contributed by atoms with Gasteiger partial charge in [0.2, 0.25) is 5.91 Å². The fourth-order valence-electron chi connectivity index (χ4n) is 2.94. The number of rotatable bonds is 7. The van der Waals surface area contributed by atoms with E-state index in [1.54, 1.807) is 11.1 Å². The largest absolute Gasteiger partial charge is 0.353 e. The average Bonchev–Trinajstić information content (AvgIpc) is 2.59. The number of hydrogen-bond donors (Lipinski definition) is 1. The van der Waals surface area contributed by atoms with E-state index in [0.29, 0.717) is 31.2 Å². The van der Waals surface area contributed by atoms with E-state index in [1.807, 2.05) is 6.92 Å². The SMILES string of the molecule is CCCN(CCC(=O)NC1CCCCC1)C(=O)c1cnccn1. The van der Waals surface area contributed by atoms with Gasteiger partial charge in [-0.1, -0.05) is 26.2 Å². The van der Waals surface area contributed by atoms with Crippen molar-refractivity contribution in [3.63, 3.8) is 0 Å². The fourth-order valence-corrected chi connectivity index (χ4v) is 2.94. The quantitative estimate of drug-likeness (QED) is 0.836. The molecule has 1 aromatic rings. The lowest BCUT2D eigenvalue weighted by Crippen LogP contribution is -2.40. The number of aromatic nitrogens is 2. The summed E-state index contributed by atoms with van der Waals surface area (Å²) in [6.45, 7) is 3.05. The predicted octanol–water partition coefficient (Wildman–Crippen LogP) is 2.17. The average molecular weight is 318 g/mol. The number of carbonyl (C=O) groups excluding carboxylic acids is 2. The summed E-state index contributed by atoms with van der Waals surface area (Å²) in [5.41, 5.74) is 0.327. The lowest BCUT2D eigenvalue weighted by Gasteiger charge is -2.24. The molecule has 1 saturated carbocycles.